The normalized spacial score (nSPS) is 13.2. The summed E-state index contributed by atoms with van der Waals surface area (Å²) in [6.45, 7) is 2.01. The van der Waals surface area contributed by atoms with Gasteiger partial charge in [0.1, 0.15) is 0 Å². The third kappa shape index (κ3) is 9.76. The molecule has 0 bridgehead atoms. The molecule has 0 saturated carbocycles. The van der Waals surface area contributed by atoms with Gasteiger partial charge in [-0.25, -0.2) is 0 Å². The van der Waals surface area contributed by atoms with E-state index in [9.17, 15) is 0 Å². The quantitative estimate of drug-likeness (QED) is 0.440. The maximum atomic E-state index is 8.97. The lowest BCUT2D eigenvalue weighted by Gasteiger charge is -2.08. The van der Waals surface area contributed by atoms with E-state index >= 15 is 0 Å². The highest BCUT2D eigenvalue weighted by molar-refractivity contribution is 4.56. The number of rotatable bonds is 9. The molecule has 0 aliphatic rings. The molecule has 0 radical (unpaired) electrons. The van der Waals surface area contributed by atoms with Crippen molar-refractivity contribution in [2.24, 2.45) is 0 Å². The number of aliphatic hydroxyl groups excluding tert-OH is 2. The highest BCUT2D eigenvalue weighted by Crippen LogP contribution is 1.93. The Morgan fingerprint density at radius 3 is 2.69 bits per heavy atom. The van der Waals surface area contributed by atoms with E-state index in [1.807, 2.05) is 0 Å². The van der Waals surface area contributed by atoms with E-state index in [1.165, 1.54) is 0 Å². The van der Waals surface area contributed by atoms with Crippen molar-refractivity contribution < 1.29 is 14.9 Å². The molecule has 4 heteroatoms. The van der Waals surface area contributed by atoms with Crippen LogP contribution in [0.1, 0.15) is 19.3 Å². The smallest absolute Gasteiger partial charge is 0.0894 e. The molecule has 0 saturated heterocycles. The zero-order valence-electron chi connectivity index (χ0n) is 8.33. The Balaban J connectivity index is 2.91. The molecule has 0 heterocycles. The van der Waals surface area contributed by atoms with Crippen LogP contribution in [0, 0.1) is 0 Å². The number of hydrogen-bond acceptors (Lipinski definition) is 4. The summed E-state index contributed by atoms with van der Waals surface area (Å²) in [5.41, 5.74) is 0. The molecule has 0 aliphatic heterocycles. The molecule has 3 N–H and O–H groups in total. The van der Waals surface area contributed by atoms with Crippen molar-refractivity contribution in [3.05, 3.63) is 0 Å². The van der Waals surface area contributed by atoms with Crippen LogP contribution in [0.4, 0.5) is 0 Å². The Hall–Kier alpha value is -0.160. The predicted octanol–water partition coefficient (Wildman–Crippen LogP) is -0.254. The molecule has 4 nitrogen and oxygen atoms in total. The minimum absolute atomic E-state index is 0.170. The van der Waals surface area contributed by atoms with Gasteiger partial charge in [-0.1, -0.05) is 0 Å². The second-order valence-corrected chi connectivity index (χ2v) is 3.09. The molecule has 0 aromatic carbocycles. The van der Waals surface area contributed by atoms with Crippen LogP contribution in [0.5, 0.6) is 0 Å². The summed E-state index contributed by atoms with van der Waals surface area (Å²) in [4.78, 5) is 0. The average Bonchev–Trinajstić information content (AvgIpc) is 2.16. The van der Waals surface area contributed by atoms with Gasteiger partial charge in [0, 0.05) is 20.3 Å². The van der Waals surface area contributed by atoms with E-state index in [0.29, 0.717) is 6.54 Å². The molecule has 0 fully saturated rings. The van der Waals surface area contributed by atoms with Crippen LogP contribution >= 0.6 is 0 Å². The summed E-state index contributed by atoms with van der Waals surface area (Å²) in [7, 11) is 1.70. The van der Waals surface area contributed by atoms with Gasteiger partial charge >= 0.3 is 0 Å². The minimum atomic E-state index is -0.626. The summed E-state index contributed by atoms with van der Waals surface area (Å²) >= 11 is 0. The lowest BCUT2D eigenvalue weighted by Crippen LogP contribution is -2.29. The van der Waals surface area contributed by atoms with E-state index in [2.05, 4.69) is 5.32 Å². The molecule has 13 heavy (non-hydrogen) atoms. The van der Waals surface area contributed by atoms with Crippen LogP contribution < -0.4 is 5.32 Å². The zero-order chi connectivity index (χ0) is 9.94. The molecule has 0 spiro atoms. The third-order valence-electron chi connectivity index (χ3n) is 1.79. The van der Waals surface area contributed by atoms with Gasteiger partial charge in [0.25, 0.3) is 0 Å². The van der Waals surface area contributed by atoms with Gasteiger partial charge in [0.2, 0.25) is 0 Å². The fourth-order valence-corrected chi connectivity index (χ4v) is 1.01. The van der Waals surface area contributed by atoms with Crippen LogP contribution in [0.25, 0.3) is 0 Å². The maximum Gasteiger partial charge on any atom is 0.0894 e. The Labute approximate surface area is 79.9 Å². The maximum absolute atomic E-state index is 8.97. The topological polar surface area (TPSA) is 61.7 Å². The number of methoxy groups -OCH3 is 1. The molecular formula is C9H21NO3. The first-order valence-corrected chi connectivity index (χ1v) is 4.79. The summed E-state index contributed by atoms with van der Waals surface area (Å²) in [5, 5.41) is 20.5. The summed E-state index contributed by atoms with van der Waals surface area (Å²) < 4.78 is 4.91. The Morgan fingerprint density at radius 2 is 2.08 bits per heavy atom. The standard InChI is InChI=1S/C9H21NO3/c1-13-6-4-2-3-5-10-7-9(12)8-11/h9-12H,2-8H2,1H3. The molecule has 0 amide bonds. The third-order valence-corrected chi connectivity index (χ3v) is 1.79. The largest absolute Gasteiger partial charge is 0.394 e. The molecule has 0 aromatic heterocycles. The van der Waals surface area contributed by atoms with Gasteiger partial charge in [-0.15, -0.1) is 0 Å². The zero-order valence-corrected chi connectivity index (χ0v) is 8.33. The highest BCUT2D eigenvalue weighted by Gasteiger charge is 1.99. The first-order chi connectivity index (χ1) is 6.31. The van der Waals surface area contributed by atoms with Crippen molar-refractivity contribution in [3.63, 3.8) is 0 Å². The fraction of sp³-hybridized carbons (Fsp3) is 1.00. The first-order valence-electron chi connectivity index (χ1n) is 4.79. The van der Waals surface area contributed by atoms with Gasteiger partial charge in [0.15, 0.2) is 0 Å². The molecule has 1 unspecified atom stereocenters. The van der Waals surface area contributed by atoms with Crippen molar-refractivity contribution in [2.45, 2.75) is 25.4 Å². The number of unbranched alkanes of at least 4 members (excludes halogenated alkanes) is 2. The number of ether oxygens (including phenoxy) is 1. The Bertz CT molecular complexity index is 101. The van der Waals surface area contributed by atoms with Crippen molar-refractivity contribution in [3.8, 4) is 0 Å². The molecule has 0 rings (SSSR count). The van der Waals surface area contributed by atoms with Crippen LogP contribution in [0.15, 0.2) is 0 Å². The highest BCUT2D eigenvalue weighted by atomic mass is 16.5. The van der Waals surface area contributed by atoms with Gasteiger partial charge in [-0.05, 0) is 25.8 Å². The van der Waals surface area contributed by atoms with Gasteiger partial charge in [0.05, 0.1) is 12.7 Å². The first kappa shape index (κ1) is 12.8. The monoisotopic (exact) mass is 191 g/mol. The number of hydrogen-bond donors (Lipinski definition) is 3. The van der Waals surface area contributed by atoms with Gasteiger partial charge < -0.3 is 20.3 Å². The molecule has 0 aromatic rings. The number of aliphatic hydroxyl groups is 2. The summed E-state index contributed by atoms with van der Waals surface area (Å²) in [6.07, 6.45) is 2.68. The van der Waals surface area contributed by atoms with Crippen LogP contribution in [-0.2, 0) is 4.74 Å². The second kappa shape index (κ2) is 9.92. The lowest BCUT2D eigenvalue weighted by atomic mass is 10.2. The average molecular weight is 191 g/mol. The fourth-order valence-electron chi connectivity index (χ4n) is 1.01. The van der Waals surface area contributed by atoms with Gasteiger partial charge in [-0.3, -0.25) is 0 Å². The predicted molar refractivity (Wildman–Crippen MR) is 51.7 cm³/mol. The molecule has 1 atom stereocenters. The molecule has 80 valence electrons. The van der Waals surface area contributed by atoms with Crippen LogP contribution in [0.3, 0.4) is 0 Å². The van der Waals surface area contributed by atoms with E-state index < -0.39 is 6.10 Å². The van der Waals surface area contributed by atoms with E-state index in [1.54, 1.807) is 7.11 Å². The van der Waals surface area contributed by atoms with Crippen molar-refractivity contribution >= 4 is 0 Å². The lowest BCUT2D eigenvalue weighted by molar-refractivity contribution is 0.0944. The van der Waals surface area contributed by atoms with Gasteiger partial charge in [-0.2, -0.15) is 0 Å². The van der Waals surface area contributed by atoms with E-state index in [0.717, 1.165) is 32.4 Å². The second-order valence-electron chi connectivity index (χ2n) is 3.09. The summed E-state index contributed by atoms with van der Waals surface area (Å²) in [6, 6.07) is 0. The minimum Gasteiger partial charge on any atom is -0.394 e. The van der Waals surface area contributed by atoms with Crippen molar-refractivity contribution in [1.29, 1.82) is 0 Å². The summed E-state index contributed by atoms with van der Waals surface area (Å²) in [5.74, 6) is 0. The molecular weight excluding hydrogens is 170 g/mol. The van der Waals surface area contributed by atoms with Crippen molar-refractivity contribution in [1.82, 2.24) is 5.32 Å². The van der Waals surface area contributed by atoms with Crippen molar-refractivity contribution in [2.75, 3.05) is 33.4 Å². The van der Waals surface area contributed by atoms with E-state index in [4.69, 9.17) is 14.9 Å². The SMILES string of the molecule is COCCCCCNCC(O)CO. The van der Waals surface area contributed by atoms with Crippen LogP contribution in [0.2, 0.25) is 0 Å². The Kier molecular flexibility index (Phi) is 9.80. The van der Waals surface area contributed by atoms with Crippen LogP contribution in [-0.4, -0.2) is 49.7 Å². The van der Waals surface area contributed by atoms with E-state index in [-0.39, 0.29) is 6.61 Å². The Morgan fingerprint density at radius 1 is 1.31 bits per heavy atom. The molecule has 0 aliphatic carbocycles. The number of nitrogens with one attached hydrogen (secondary N) is 1.